The van der Waals surface area contributed by atoms with E-state index in [1.54, 1.807) is 24.3 Å². The normalized spacial score (nSPS) is 13.8. The average molecular weight is 1080 g/mol. The first kappa shape index (κ1) is 47.0. The Balaban J connectivity index is 0.914. The summed E-state index contributed by atoms with van der Waals surface area (Å²) >= 11 is 0. The topological polar surface area (TPSA) is 6.48 Å². The van der Waals surface area contributed by atoms with Crippen molar-refractivity contribution in [3.63, 3.8) is 0 Å². The maximum absolute atomic E-state index is 17.4. The predicted octanol–water partition coefficient (Wildman–Crippen LogP) is 21.1. The Morgan fingerprint density at radius 1 is 0.202 bits per heavy atom. The number of nitrogens with zero attached hydrogens (tertiary/aromatic N) is 2. The van der Waals surface area contributed by atoms with Gasteiger partial charge in [0.2, 0.25) is 0 Å². The fourth-order valence-electron chi connectivity index (χ4n) is 15.9. The molecule has 0 heterocycles. The zero-order chi connectivity index (χ0) is 55.4. The molecule has 14 aromatic rings. The Labute approximate surface area is 485 Å². The van der Waals surface area contributed by atoms with E-state index in [1.165, 1.54) is 55.6 Å². The first-order valence-electron chi connectivity index (χ1n) is 28.9. The van der Waals surface area contributed by atoms with Crippen LogP contribution in [0.2, 0.25) is 0 Å². The minimum Gasteiger partial charge on any atom is -0.306 e. The smallest absolute Gasteiger partial charge is 0.147 e. The molecule has 2 spiro atoms. The van der Waals surface area contributed by atoms with E-state index in [0.717, 1.165) is 88.4 Å². The molecule has 392 valence electrons. The Morgan fingerprint density at radius 3 is 0.821 bits per heavy atom. The van der Waals surface area contributed by atoms with Crippen molar-refractivity contribution < 1.29 is 8.78 Å². The third kappa shape index (κ3) is 5.96. The van der Waals surface area contributed by atoms with Gasteiger partial charge >= 0.3 is 0 Å². The molecule has 0 saturated carbocycles. The molecule has 4 aliphatic rings. The van der Waals surface area contributed by atoms with E-state index in [1.807, 2.05) is 24.3 Å². The fourth-order valence-corrected chi connectivity index (χ4v) is 15.9. The highest BCUT2D eigenvalue weighted by Crippen LogP contribution is 2.67. The summed E-state index contributed by atoms with van der Waals surface area (Å²) in [5.41, 5.74) is 22.1. The van der Waals surface area contributed by atoms with E-state index in [-0.39, 0.29) is 11.6 Å². The average Bonchev–Trinajstić information content (AvgIpc) is 1.71. The minimum atomic E-state index is -0.605. The Bertz CT molecular complexity index is 4760. The van der Waals surface area contributed by atoms with Crippen LogP contribution in [-0.4, -0.2) is 0 Å². The number of rotatable bonds is 6. The van der Waals surface area contributed by atoms with Crippen LogP contribution in [0.15, 0.2) is 291 Å². The molecule has 0 N–H and O–H groups in total. The van der Waals surface area contributed by atoms with Gasteiger partial charge in [-0.3, -0.25) is 0 Å². The number of anilines is 6. The monoisotopic (exact) mass is 1070 g/mol. The third-order valence-corrected chi connectivity index (χ3v) is 19.0. The van der Waals surface area contributed by atoms with Crippen LogP contribution in [0.3, 0.4) is 0 Å². The number of benzene rings is 14. The molecule has 0 atom stereocenters. The van der Waals surface area contributed by atoms with Gasteiger partial charge in [-0.15, -0.1) is 0 Å². The van der Waals surface area contributed by atoms with Gasteiger partial charge in [-0.05, 0) is 148 Å². The second-order valence-corrected chi connectivity index (χ2v) is 22.7. The maximum Gasteiger partial charge on any atom is 0.147 e. The van der Waals surface area contributed by atoms with Crippen molar-refractivity contribution in [2.75, 3.05) is 9.80 Å². The van der Waals surface area contributed by atoms with Gasteiger partial charge < -0.3 is 9.80 Å². The van der Waals surface area contributed by atoms with Gasteiger partial charge in [0.05, 0.1) is 45.0 Å². The molecule has 4 heteroatoms. The van der Waals surface area contributed by atoms with Crippen molar-refractivity contribution in [1.82, 2.24) is 0 Å². The Hall–Kier alpha value is -10.7. The zero-order valence-electron chi connectivity index (χ0n) is 45.4. The lowest BCUT2D eigenvalue weighted by Gasteiger charge is -2.33. The van der Waals surface area contributed by atoms with Crippen molar-refractivity contribution in [1.29, 1.82) is 0 Å². The summed E-state index contributed by atoms with van der Waals surface area (Å²) in [6, 6.07) is 102. The molecule has 4 aliphatic carbocycles. The zero-order valence-corrected chi connectivity index (χ0v) is 45.4. The lowest BCUT2D eigenvalue weighted by Crippen LogP contribution is -2.26. The van der Waals surface area contributed by atoms with E-state index in [4.69, 9.17) is 0 Å². The van der Waals surface area contributed by atoms with Crippen LogP contribution in [0.25, 0.3) is 76.8 Å². The Kier molecular flexibility index (Phi) is 9.75. The fraction of sp³-hybridized carbons (Fsp3) is 0.0250. The highest BCUT2D eigenvalue weighted by Gasteiger charge is 2.54. The van der Waals surface area contributed by atoms with Crippen LogP contribution in [0.1, 0.15) is 44.5 Å². The van der Waals surface area contributed by atoms with Gasteiger partial charge in [-0.1, -0.05) is 243 Å². The van der Waals surface area contributed by atoms with E-state index >= 15 is 8.78 Å². The highest BCUT2D eigenvalue weighted by atomic mass is 19.1. The second-order valence-electron chi connectivity index (χ2n) is 22.7. The van der Waals surface area contributed by atoms with Crippen LogP contribution in [0, 0.1) is 11.6 Å². The van der Waals surface area contributed by atoms with Crippen molar-refractivity contribution in [3.8, 4) is 44.5 Å². The summed E-state index contributed by atoms with van der Waals surface area (Å²) in [7, 11) is 0. The summed E-state index contributed by atoms with van der Waals surface area (Å²) < 4.78 is 34.7. The Morgan fingerprint density at radius 2 is 0.464 bits per heavy atom. The highest BCUT2D eigenvalue weighted by molar-refractivity contribution is 6.25. The lowest BCUT2D eigenvalue weighted by atomic mass is 9.70. The van der Waals surface area contributed by atoms with Crippen molar-refractivity contribution in [3.05, 3.63) is 347 Å². The molecule has 84 heavy (non-hydrogen) atoms. The molecule has 0 bridgehead atoms. The molecule has 0 aliphatic heterocycles. The summed E-state index contributed by atoms with van der Waals surface area (Å²) in [6.45, 7) is 0. The number of fused-ring (bicyclic) bond motifs is 25. The van der Waals surface area contributed by atoms with E-state index < -0.39 is 10.8 Å². The molecular weight excluding hydrogens is 1030 g/mol. The standard InChI is InChI=1S/C80H48F2N2/c81-69-41-17-19-43-71(69)83(73-45-21-39-67-77(73)57-31-9-15-37-65(57)79(67)61-33-11-5-25-51(61)52-26-6-12-34-62(52)79)75-48-60-50-24-2-4-30-56(50)76(47-59(60)49-23-1-3-29-55(49)75)84(72-44-20-18-42-70(72)82)74-46-22-40-68-78(74)58-32-10-16-38-66(58)80(68)63-35-13-7-27-53(63)54-28-8-14-36-64(54)80/h1-48H. The first-order chi connectivity index (χ1) is 41.6. The summed E-state index contributed by atoms with van der Waals surface area (Å²) in [4.78, 5) is 4.35. The molecular formula is C80H48F2N2. The molecule has 0 amide bonds. The van der Waals surface area contributed by atoms with Crippen LogP contribution in [0.4, 0.5) is 42.9 Å². The largest absolute Gasteiger partial charge is 0.306 e. The summed E-state index contributed by atoms with van der Waals surface area (Å²) in [5, 5.41) is 5.83. The molecule has 0 fully saturated rings. The molecule has 0 unspecified atom stereocenters. The maximum atomic E-state index is 17.4. The van der Waals surface area contributed by atoms with Crippen molar-refractivity contribution in [2.24, 2.45) is 0 Å². The molecule has 18 rings (SSSR count). The number of hydrogen-bond acceptors (Lipinski definition) is 2. The summed E-state index contributed by atoms with van der Waals surface area (Å²) in [6.07, 6.45) is 0. The number of para-hydroxylation sites is 2. The quantitative estimate of drug-likeness (QED) is 0.153. The SMILES string of the molecule is Fc1ccccc1N(c1cccc2c1-c1ccccc1C21c2ccccc2-c2ccccc21)c1cc2c3ccccc3c(N(c3ccccc3F)c3cccc4c3-c3ccccc3C43c4ccccc4-c4ccccc43)cc2c2ccccc12. The second kappa shape index (κ2) is 17.4. The van der Waals surface area contributed by atoms with E-state index in [0.29, 0.717) is 11.4 Å². The van der Waals surface area contributed by atoms with Crippen LogP contribution >= 0.6 is 0 Å². The van der Waals surface area contributed by atoms with Gasteiger partial charge in [0.1, 0.15) is 11.6 Å². The molecule has 2 nitrogen and oxygen atoms in total. The van der Waals surface area contributed by atoms with Gasteiger partial charge in [0, 0.05) is 21.9 Å². The molecule has 0 radical (unpaired) electrons. The van der Waals surface area contributed by atoms with Gasteiger partial charge in [-0.2, -0.15) is 0 Å². The van der Waals surface area contributed by atoms with Gasteiger partial charge in [-0.25, -0.2) is 8.78 Å². The van der Waals surface area contributed by atoms with E-state index in [2.05, 4.69) is 252 Å². The first-order valence-corrected chi connectivity index (χ1v) is 28.9. The van der Waals surface area contributed by atoms with Crippen molar-refractivity contribution in [2.45, 2.75) is 10.8 Å². The van der Waals surface area contributed by atoms with Gasteiger partial charge in [0.15, 0.2) is 0 Å². The van der Waals surface area contributed by atoms with Crippen LogP contribution < -0.4 is 9.80 Å². The van der Waals surface area contributed by atoms with Crippen LogP contribution in [0.5, 0.6) is 0 Å². The molecule has 14 aromatic carbocycles. The molecule has 0 aromatic heterocycles. The number of halogens is 2. The third-order valence-electron chi connectivity index (χ3n) is 19.0. The number of hydrogen-bond donors (Lipinski definition) is 0. The predicted molar refractivity (Wildman–Crippen MR) is 341 cm³/mol. The molecule has 0 saturated heterocycles. The summed E-state index contributed by atoms with van der Waals surface area (Å²) in [5.74, 6) is -0.665. The van der Waals surface area contributed by atoms with E-state index in [9.17, 15) is 0 Å². The lowest BCUT2D eigenvalue weighted by molar-refractivity contribution is 0.628. The van der Waals surface area contributed by atoms with Crippen molar-refractivity contribution >= 4 is 66.4 Å². The van der Waals surface area contributed by atoms with Crippen LogP contribution in [-0.2, 0) is 10.8 Å². The van der Waals surface area contributed by atoms with Gasteiger partial charge in [0.25, 0.3) is 0 Å². The minimum absolute atomic E-state index is 0.333.